The van der Waals surface area contributed by atoms with Gasteiger partial charge in [-0.25, -0.2) is 0 Å². The Kier molecular flexibility index (Phi) is 4.16. The van der Waals surface area contributed by atoms with Crippen molar-refractivity contribution in [3.8, 4) is 0 Å². The van der Waals surface area contributed by atoms with Crippen molar-refractivity contribution in [2.24, 2.45) is 5.10 Å². The molecule has 0 aromatic rings. The maximum atomic E-state index is 5.04. The van der Waals surface area contributed by atoms with Crippen molar-refractivity contribution in [2.75, 3.05) is 19.6 Å². The fourth-order valence-corrected chi connectivity index (χ4v) is 4.79. The molecule has 4 heterocycles. The molecular weight excluding hydrogens is 350 g/mol. The van der Waals surface area contributed by atoms with Gasteiger partial charge in [0.1, 0.15) is 0 Å². The zero-order chi connectivity index (χ0) is 19.4. The zero-order valence-electron chi connectivity index (χ0n) is 17.3. The minimum atomic E-state index is 0.363. The number of nitrogens with zero attached hydrogens (tertiary/aromatic N) is 4. The van der Waals surface area contributed by atoms with Crippen molar-refractivity contribution in [1.82, 2.24) is 31.2 Å². The molecule has 0 unspecified atom stereocenters. The van der Waals surface area contributed by atoms with Crippen LogP contribution in [0.5, 0.6) is 0 Å². The molecule has 4 aliphatic heterocycles. The van der Waals surface area contributed by atoms with Gasteiger partial charge in [0.05, 0.1) is 34.9 Å². The van der Waals surface area contributed by atoms with E-state index in [1.54, 1.807) is 0 Å². The van der Waals surface area contributed by atoms with E-state index in [0.717, 1.165) is 18.0 Å². The van der Waals surface area contributed by atoms with Crippen LogP contribution in [-0.4, -0.2) is 58.4 Å². The molecule has 7 nitrogen and oxygen atoms in total. The van der Waals surface area contributed by atoms with Gasteiger partial charge in [-0.1, -0.05) is 0 Å². The average Bonchev–Trinajstić information content (AvgIpc) is 3.24. The average molecular weight is 382 g/mol. The lowest BCUT2D eigenvalue weighted by molar-refractivity contribution is 0.104. The van der Waals surface area contributed by atoms with Crippen molar-refractivity contribution in [1.29, 1.82) is 0 Å². The Hall–Kier alpha value is -2.41. The Balaban J connectivity index is 1.43. The van der Waals surface area contributed by atoms with Gasteiger partial charge >= 0.3 is 0 Å². The van der Waals surface area contributed by atoms with Gasteiger partial charge in [0, 0.05) is 43.0 Å². The highest BCUT2D eigenvalue weighted by Gasteiger charge is 2.39. The molecule has 150 valence electrons. The number of likely N-dealkylation sites (tertiary alicyclic amines) is 1. The van der Waals surface area contributed by atoms with E-state index in [1.807, 2.05) is 6.20 Å². The minimum absolute atomic E-state index is 0.363. The van der Waals surface area contributed by atoms with Gasteiger partial charge in [-0.3, -0.25) is 15.4 Å². The van der Waals surface area contributed by atoms with E-state index in [0.29, 0.717) is 18.1 Å². The van der Waals surface area contributed by atoms with Crippen LogP contribution in [0.15, 0.2) is 51.7 Å². The summed E-state index contributed by atoms with van der Waals surface area (Å²) in [6, 6.07) is 1.53. The largest absolute Gasteiger partial charge is 0.306 e. The normalized spacial score (nSPS) is 24.8. The maximum absolute atomic E-state index is 5.04. The van der Waals surface area contributed by atoms with E-state index in [-0.39, 0.29) is 0 Å². The highest BCUT2D eigenvalue weighted by molar-refractivity contribution is 6.11. The number of fused-ring (bicyclic) bond motifs is 1. The Morgan fingerprint density at radius 2 is 1.86 bits per heavy atom. The molecule has 5 rings (SSSR count). The second-order valence-electron chi connectivity index (χ2n) is 8.79. The van der Waals surface area contributed by atoms with Gasteiger partial charge in [0.15, 0.2) is 0 Å². The Morgan fingerprint density at radius 3 is 2.57 bits per heavy atom. The first-order valence-electron chi connectivity index (χ1n) is 10.6. The molecule has 3 N–H and O–H groups in total. The molecule has 0 atom stereocenters. The molecule has 2 fully saturated rings. The summed E-state index contributed by atoms with van der Waals surface area (Å²) in [5.74, 6) is 0. The summed E-state index contributed by atoms with van der Waals surface area (Å²) in [4.78, 5) is 2.58. The quantitative estimate of drug-likeness (QED) is 0.693. The molecule has 0 aromatic heterocycles. The molecule has 0 aromatic carbocycles. The predicted octanol–water partition coefficient (Wildman–Crippen LogP) is 1.79. The van der Waals surface area contributed by atoms with Crippen LogP contribution in [0.3, 0.4) is 0 Å². The molecular formula is C21H31N7. The fraction of sp³-hybridized carbons (Fsp3) is 0.571. The summed E-state index contributed by atoms with van der Waals surface area (Å²) in [5.41, 5.74) is 17.3. The predicted molar refractivity (Wildman–Crippen MR) is 112 cm³/mol. The van der Waals surface area contributed by atoms with Crippen LogP contribution in [0.4, 0.5) is 0 Å². The van der Waals surface area contributed by atoms with Crippen LogP contribution < -0.4 is 16.3 Å². The Morgan fingerprint density at radius 1 is 1.07 bits per heavy atom. The lowest BCUT2D eigenvalue weighted by Crippen LogP contribution is -2.45. The third-order valence-electron chi connectivity index (χ3n) is 6.43. The number of hydrogen-bond donors (Lipinski definition) is 3. The lowest BCUT2D eigenvalue weighted by atomic mass is 10.0. The monoisotopic (exact) mass is 381 g/mol. The molecule has 0 radical (unpaired) electrons. The highest BCUT2D eigenvalue weighted by Crippen LogP contribution is 2.38. The number of hydrogen-bond acceptors (Lipinski definition) is 7. The number of hydrazine groups is 2. The standard InChI is InChI=1S/C21H31N7/c1-13(2)26-9-7-15(8-10-26)27-12-16-17(24-27)5-6-18-20-19(11-22-23-18)28(14(3)4)25-21(16)20/h5-6,11,13-15,22-23,25H,7-10,12H2,1-4H3. The van der Waals surface area contributed by atoms with E-state index >= 15 is 0 Å². The number of rotatable bonds is 3. The SMILES string of the molecule is CC(C)N1CCC(N2CC3=C4NN(C(C)C)C5=CNNC(=C54)C=CC3=N2)CC1. The first-order chi connectivity index (χ1) is 13.5. The number of allylic oxidation sites excluding steroid dienone is 2. The third kappa shape index (κ3) is 2.71. The second kappa shape index (κ2) is 6.58. The van der Waals surface area contributed by atoms with Crippen LogP contribution in [0, 0.1) is 0 Å². The summed E-state index contributed by atoms with van der Waals surface area (Å²) in [6.07, 6.45) is 8.74. The second-order valence-corrected chi connectivity index (χ2v) is 8.79. The first-order valence-corrected chi connectivity index (χ1v) is 10.6. The molecule has 1 aliphatic carbocycles. The van der Waals surface area contributed by atoms with Gasteiger partial charge < -0.3 is 15.8 Å². The molecule has 5 aliphatic rings. The lowest BCUT2D eigenvalue weighted by Gasteiger charge is -2.37. The van der Waals surface area contributed by atoms with E-state index in [2.05, 4.69) is 71.0 Å². The van der Waals surface area contributed by atoms with Crippen molar-refractivity contribution >= 4 is 5.71 Å². The number of piperidine rings is 1. The van der Waals surface area contributed by atoms with Crippen molar-refractivity contribution in [2.45, 2.75) is 58.7 Å². The van der Waals surface area contributed by atoms with Crippen molar-refractivity contribution in [3.63, 3.8) is 0 Å². The number of nitrogens with one attached hydrogen (secondary N) is 3. The molecule has 7 heteroatoms. The highest BCUT2D eigenvalue weighted by atomic mass is 15.6. The fourth-order valence-electron chi connectivity index (χ4n) is 4.79. The van der Waals surface area contributed by atoms with Gasteiger partial charge in [0.2, 0.25) is 0 Å². The molecule has 28 heavy (non-hydrogen) atoms. The first kappa shape index (κ1) is 17.7. The Labute approximate surface area is 167 Å². The van der Waals surface area contributed by atoms with Crippen LogP contribution in [0.2, 0.25) is 0 Å². The van der Waals surface area contributed by atoms with Crippen molar-refractivity contribution < 1.29 is 0 Å². The maximum Gasteiger partial charge on any atom is 0.0904 e. The van der Waals surface area contributed by atoms with Gasteiger partial charge in [-0.05, 0) is 52.7 Å². The third-order valence-corrected chi connectivity index (χ3v) is 6.43. The summed E-state index contributed by atoms with van der Waals surface area (Å²) >= 11 is 0. The molecule has 0 spiro atoms. The molecule has 0 amide bonds. The molecule has 2 saturated heterocycles. The van der Waals surface area contributed by atoms with Gasteiger partial charge in [-0.15, -0.1) is 0 Å². The van der Waals surface area contributed by atoms with E-state index in [1.165, 1.54) is 48.5 Å². The summed E-state index contributed by atoms with van der Waals surface area (Å²) in [7, 11) is 0. The van der Waals surface area contributed by atoms with Crippen LogP contribution in [-0.2, 0) is 0 Å². The topological polar surface area (TPSA) is 58.2 Å². The van der Waals surface area contributed by atoms with Crippen molar-refractivity contribution in [3.05, 3.63) is 46.6 Å². The number of hydrazone groups is 1. The van der Waals surface area contributed by atoms with Crippen LogP contribution >= 0.6 is 0 Å². The van der Waals surface area contributed by atoms with E-state index in [4.69, 9.17) is 5.10 Å². The summed E-state index contributed by atoms with van der Waals surface area (Å²) in [5, 5.41) is 9.62. The van der Waals surface area contributed by atoms with Gasteiger partial charge in [-0.2, -0.15) is 5.10 Å². The smallest absolute Gasteiger partial charge is 0.0904 e. The Bertz CT molecular complexity index is 822. The van der Waals surface area contributed by atoms with Crippen LogP contribution in [0.1, 0.15) is 40.5 Å². The summed E-state index contributed by atoms with van der Waals surface area (Å²) < 4.78 is 0. The zero-order valence-corrected chi connectivity index (χ0v) is 17.3. The molecule has 0 bridgehead atoms. The van der Waals surface area contributed by atoms with Gasteiger partial charge in [0.25, 0.3) is 0 Å². The summed E-state index contributed by atoms with van der Waals surface area (Å²) in [6.45, 7) is 12.2. The molecule has 0 saturated carbocycles. The van der Waals surface area contributed by atoms with E-state index < -0.39 is 0 Å². The minimum Gasteiger partial charge on any atom is -0.306 e. The van der Waals surface area contributed by atoms with E-state index in [9.17, 15) is 0 Å². The van der Waals surface area contributed by atoms with Crippen LogP contribution in [0.25, 0.3) is 0 Å².